The summed E-state index contributed by atoms with van der Waals surface area (Å²) < 4.78 is 0. The average molecular weight is 258 g/mol. The Kier molecular flexibility index (Phi) is 3.42. The van der Waals surface area contributed by atoms with Crippen LogP contribution >= 0.6 is 0 Å². The number of likely N-dealkylation sites (tertiary alicyclic amines) is 1. The second-order valence-corrected chi connectivity index (χ2v) is 6.04. The Bertz CT molecular complexity index is 459. The molecule has 0 radical (unpaired) electrons. The predicted octanol–water partition coefficient (Wildman–Crippen LogP) is 1.97. The highest BCUT2D eigenvalue weighted by Gasteiger charge is 2.46. The summed E-state index contributed by atoms with van der Waals surface area (Å²) in [5, 5.41) is 3.54. The number of nitrogens with zero attached hydrogens (tertiary/aromatic N) is 1. The van der Waals surface area contributed by atoms with E-state index in [2.05, 4.69) is 41.4 Å². The van der Waals surface area contributed by atoms with Gasteiger partial charge in [-0.2, -0.15) is 0 Å². The van der Waals surface area contributed by atoms with Crippen LogP contribution in [-0.4, -0.2) is 35.4 Å². The summed E-state index contributed by atoms with van der Waals surface area (Å²) in [7, 11) is 0. The van der Waals surface area contributed by atoms with Gasteiger partial charge in [0.1, 0.15) is 0 Å². The predicted molar refractivity (Wildman–Crippen MR) is 75.9 cm³/mol. The first-order chi connectivity index (χ1) is 9.18. The molecule has 0 saturated carbocycles. The zero-order chi connectivity index (χ0) is 13.3. The molecule has 2 fully saturated rings. The maximum atomic E-state index is 12.3. The topological polar surface area (TPSA) is 32.3 Å². The van der Waals surface area contributed by atoms with Crippen molar-refractivity contribution in [2.45, 2.75) is 44.3 Å². The Morgan fingerprint density at radius 2 is 2.16 bits per heavy atom. The molecule has 1 aromatic rings. The molecule has 0 bridgehead atoms. The minimum absolute atomic E-state index is 0.257. The molecule has 3 nitrogen and oxygen atoms in total. The van der Waals surface area contributed by atoms with Crippen LogP contribution in [0.4, 0.5) is 0 Å². The molecule has 2 saturated heterocycles. The fourth-order valence-corrected chi connectivity index (χ4v) is 3.45. The van der Waals surface area contributed by atoms with Crippen LogP contribution in [0, 0.1) is 0 Å². The lowest BCUT2D eigenvalue weighted by molar-refractivity contribution is -0.129. The molecule has 0 aromatic heterocycles. The van der Waals surface area contributed by atoms with Gasteiger partial charge in [-0.25, -0.2) is 0 Å². The number of ketones is 1. The SMILES string of the molecule is CC1CCC2(CN(Cc3ccccc3)CCC2=O)N1. The van der Waals surface area contributed by atoms with E-state index in [-0.39, 0.29) is 5.54 Å². The summed E-state index contributed by atoms with van der Waals surface area (Å²) in [6.45, 7) is 4.89. The standard InChI is InChI=1S/C16H22N2O/c1-13-7-9-16(17-13)12-18(10-8-15(16)19)11-14-5-3-2-4-6-14/h2-6,13,17H,7-12H2,1H3. The molecule has 19 heavy (non-hydrogen) atoms. The van der Waals surface area contributed by atoms with Gasteiger partial charge in [0, 0.05) is 32.1 Å². The highest BCUT2D eigenvalue weighted by atomic mass is 16.1. The van der Waals surface area contributed by atoms with E-state index in [1.54, 1.807) is 0 Å². The zero-order valence-electron chi connectivity index (χ0n) is 11.6. The molecule has 2 aliphatic heterocycles. The van der Waals surface area contributed by atoms with Crippen molar-refractivity contribution >= 4 is 5.78 Å². The Balaban J connectivity index is 1.70. The summed E-state index contributed by atoms with van der Waals surface area (Å²) in [5.74, 6) is 0.418. The van der Waals surface area contributed by atoms with E-state index in [1.807, 2.05) is 6.07 Å². The Labute approximate surface area is 115 Å². The van der Waals surface area contributed by atoms with Crippen LogP contribution in [0.3, 0.4) is 0 Å². The van der Waals surface area contributed by atoms with Gasteiger partial charge in [0.15, 0.2) is 5.78 Å². The summed E-state index contributed by atoms with van der Waals surface area (Å²) in [5.41, 5.74) is 1.07. The van der Waals surface area contributed by atoms with Crippen molar-refractivity contribution in [1.29, 1.82) is 0 Å². The fourth-order valence-electron chi connectivity index (χ4n) is 3.45. The minimum atomic E-state index is -0.257. The van der Waals surface area contributed by atoms with Crippen LogP contribution in [0.1, 0.15) is 31.7 Å². The molecular weight excluding hydrogens is 236 g/mol. The van der Waals surface area contributed by atoms with Crippen LogP contribution in [0.25, 0.3) is 0 Å². The maximum Gasteiger partial charge on any atom is 0.155 e. The van der Waals surface area contributed by atoms with E-state index in [9.17, 15) is 4.79 Å². The lowest BCUT2D eigenvalue weighted by atomic mass is 9.86. The summed E-state index contributed by atoms with van der Waals surface area (Å²) in [6, 6.07) is 11.0. The highest BCUT2D eigenvalue weighted by Crippen LogP contribution is 2.30. The molecule has 102 valence electrons. The van der Waals surface area contributed by atoms with Crippen LogP contribution in [-0.2, 0) is 11.3 Å². The van der Waals surface area contributed by atoms with E-state index in [0.29, 0.717) is 18.2 Å². The van der Waals surface area contributed by atoms with Crippen molar-refractivity contribution in [2.75, 3.05) is 13.1 Å². The number of carbonyl (C=O) groups excluding carboxylic acids is 1. The maximum absolute atomic E-state index is 12.3. The van der Waals surface area contributed by atoms with Gasteiger partial charge in [0.25, 0.3) is 0 Å². The first kappa shape index (κ1) is 12.8. The van der Waals surface area contributed by atoms with Crippen molar-refractivity contribution in [3.05, 3.63) is 35.9 Å². The lowest BCUT2D eigenvalue weighted by Gasteiger charge is -2.39. The monoisotopic (exact) mass is 258 g/mol. The third-order valence-corrected chi connectivity index (χ3v) is 4.46. The third kappa shape index (κ3) is 2.58. The van der Waals surface area contributed by atoms with Crippen LogP contribution in [0.15, 0.2) is 30.3 Å². The summed E-state index contributed by atoms with van der Waals surface area (Å²) in [4.78, 5) is 14.7. The van der Waals surface area contributed by atoms with E-state index < -0.39 is 0 Å². The fraction of sp³-hybridized carbons (Fsp3) is 0.562. The number of benzene rings is 1. The van der Waals surface area contributed by atoms with Crippen LogP contribution in [0.5, 0.6) is 0 Å². The first-order valence-corrected chi connectivity index (χ1v) is 7.25. The molecule has 1 N–H and O–H groups in total. The first-order valence-electron chi connectivity index (χ1n) is 7.25. The average Bonchev–Trinajstić information content (AvgIpc) is 2.78. The van der Waals surface area contributed by atoms with Crippen LogP contribution in [0.2, 0.25) is 0 Å². The largest absolute Gasteiger partial charge is 0.301 e. The number of carbonyl (C=O) groups is 1. The molecule has 1 spiro atoms. The normalized spacial score (nSPS) is 32.1. The van der Waals surface area contributed by atoms with Crippen molar-refractivity contribution in [3.8, 4) is 0 Å². The highest BCUT2D eigenvalue weighted by molar-refractivity contribution is 5.90. The molecule has 2 unspecified atom stereocenters. The summed E-state index contributed by atoms with van der Waals surface area (Å²) in [6.07, 6.45) is 2.80. The van der Waals surface area contributed by atoms with E-state index >= 15 is 0 Å². The molecule has 2 atom stereocenters. The van der Waals surface area contributed by atoms with Gasteiger partial charge in [-0.15, -0.1) is 0 Å². The number of Topliss-reactive ketones (excluding diaryl/α,β-unsaturated/α-hetero) is 1. The summed E-state index contributed by atoms with van der Waals surface area (Å²) >= 11 is 0. The van der Waals surface area contributed by atoms with Crippen molar-refractivity contribution in [2.24, 2.45) is 0 Å². The van der Waals surface area contributed by atoms with Crippen molar-refractivity contribution in [3.63, 3.8) is 0 Å². The Morgan fingerprint density at radius 3 is 2.84 bits per heavy atom. The Hall–Kier alpha value is -1.19. The lowest BCUT2D eigenvalue weighted by Crippen LogP contribution is -2.60. The molecule has 2 aliphatic rings. The van der Waals surface area contributed by atoms with Gasteiger partial charge in [-0.3, -0.25) is 9.69 Å². The van der Waals surface area contributed by atoms with Gasteiger partial charge in [-0.05, 0) is 25.3 Å². The molecule has 0 aliphatic carbocycles. The molecule has 3 heteroatoms. The van der Waals surface area contributed by atoms with Gasteiger partial charge in [0.05, 0.1) is 5.54 Å². The number of rotatable bonds is 2. The smallest absolute Gasteiger partial charge is 0.155 e. The van der Waals surface area contributed by atoms with Gasteiger partial charge < -0.3 is 5.32 Å². The van der Waals surface area contributed by atoms with E-state index in [0.717, 1.165) is 32.5 Å². The third-order valence-electron chi connectivity index (χ3n) is 4.46. The van der Waals surface area contributed by atoms with E-state index in [1.165, 1.54) is 5.56 Å². The molecule has 2 heterocycles. The molecule has 1 aromatic carbocycles. The molecule has 0 amide bonds. The van der Waals surface area contributed by atoms with Crippen molar-refractivity contribution in [1.82, 2.24) is 10.2 Å². The minimum Gasteiger partial charge on any atom is -0.301 e. The number of hydrogen-bond acceptors (Lipinski definition) is 3. The number of hydrogen-bond donors (Lipinski definition) is 1. The number of nitrogens with one attached hydrogen (secondary N) is 1. The van der Waals surface area contributed by atoms with Gasteiger partial charge in [-0.1, -0.05) is 30.3 Å². The van der Waals surface area contributed by atoms with Crippen LogP contribution < -0.4 is 5.32 Å². The van der Waals surface area contributed by atoms with Gasteiger partial charge >= 0.3 is 0 Å². The quantitative estimate of drug-likeness (QED) is 0.880. The second kappa shape index (κ2) is 5.06. The number of piperidine rings is 1. The molecular formula is C16H22N2O. The molecule has 3 rings (SSSR count). The van der Waals surface area contributed by atoms with E-state index in [4.69, 9.17) is 0 Å². The second-order valence-electron chi connectivity index (χ2n) is 6.04. The van der Waals surface area contributed by atoms with Gasteiger partial charge in [0.2, 0.25) is 0 Å². The zero-order valence-corrected chi connectivity index (χ0v) is 11.6. The van der Waals surface area contributed by atoms with Crippen molar-refractivity contribution < 1.29 is 4.79 Å². The Morgan fingerprint density at radius 1 is 1.37 bits per heavy atom.